The van der Waals surface area contributed by atoms with Crippen molar-refractivity contribution in [3.63, 3.8) is 0 Å². The molecule has 1 atom stereocenters. The molecule has 0 saturated heterocycles. The summed E-state index contributed by atoms with van der Waals surface area (Å²) >= 11 is 0. The van der Waals surface area contributed by atoms with Gasteiger partial charge in [-0.3, -0.25) is 0 Å². The summed E-state index contributed by atoms with van der Waals surface area (Å²) in [6.45, 7) is 11.6. The summed E-state index contributed by atoms with van der Waals surface area (Å²) in [7, 11) is 0. The van der Waals surface area contributed by atoms with Crippen LogP contribution in [-0.2, 0) is 0 Å². The Hall–Kier alpha value is -1.84. The van der Waals surface area contributed by atoms with E-state index in [-0.39, 0.29) is 6.61 Å². The third-order valence-corrected chi connectivity index (χ3v) is 4.36. The number of aliphatic hydroxyl groups is 2. The molecular formula is C22H32O3. The van der Waals surface area contributed by atoms with E-state index in [2.05, 4.69) is 19.6 Å². The van der Waals surface area contributed by atoms with Crippen molar-refractivity contribution in [3.8, 4) is 5.75 Å². The SMILES string of the molecule is C=C(C)/C(=C/CO)C(O)CC/C(=C/c1cc(C)c(O)c(C)c1)CCC. The summed E-state index contributed by atoms with van der Waals surface area (Å²) in [5.41, 5.74) is 5.60. The van der Waals surface area contributed by atoms with Crippen LogP contribution in [0.2, 0.25) is 0 Å². The number of aliphatic hydroxyl groups excluding tert-OH is 2. The van der Waals surface area contributed by atoms with Crippen LogP contribution in [0.1, 0.15) is 56.2 Å². The van der Waals surface area contributed by atoms with E-state index in [0.29, 0.717) is 12.2 Å². The molecule has 0 aliphatic heterocycles. The van der Waals surface area contributed by atoms with Crippen LogP contribution < -0.4 is 0 Å². The summed E-state index contributed by atoms with van der Waals surface area (Å²) in [6.07, 6.45) is 6.56. The Morgan fingerprint density at radius 2 is 1.80 bits per heavy atom. The lowest BCUT2D eigenvalue weighted by Gasteiger charge is -2.16. The fraction of sp³-hybridized carbons (Fsp3) is 0.455. The van der Waals surface area contributed by atoms with E-state index in [0.717, 1.165) is 47.1 Å². The van der Waals surface area contributed by atoms with Crippen molar-refractivity contribution in [2.75, 3.05) is 6.61 Å². The third-order valence-electron chi connectivity index (χ3n) is 4.36. The Morgan fingerprint density at radius 3 is 2.28 bits per heavy atom. The Labute approximate surface area is 152 Å². The highest BCUT2D eigenvalue weighted by Gasteiger charge is 2.12. The van der Waals surface area contributed by atoms with Crippen LogP contribution >= 0.6 is 0 Å². The van der Waals surface area contributed by atoms with Crippen molar-refractivity contribution in [2.24, 2.45) is 0 Å². The average molecular weight is 344 g/mol. The molecule has 1 rings (SSSR count). The van der Waals surface area contributed by atoms with Gasteiger partial charge in [0.2, 0.25) is 0 Å². The van der Waals surface area contributed by atoms with Gasteiger partial charge in [-0.15, -0.1) is 0 Å². The minimum atomic E-state index is -0.617. The fourth-order valence-electron chi connectivity index (χ4n) is 3.07. The normalized spacial score (nSPS) is 13.8. The summed E-state index contributed by atoms with van der Waals surface area (Å²) < 4.78 is 0. The molecule has 138 valence electrons. The highest BCUT2D eigenvalue weighted by molar-refractivity contribution is 5.58. The second-order valence-corrected chi connectivity index (χ2v) is 6.73. The van der Waals surface area contributed by atoms with E-state index >= 15 is 0 Å². The van der Waals surface area contributed by atoms with Gasteiger partial charge < -0.3 is 15.3 Å². The summed E-state index contributed by atoms with van der Waals surface area (Å²) in [6, 6.07) is 3.97. The molecule has 3 N–H and O–H groups in total. The Kier molecular flexibility index (Phi) is 8.67. The van der Waals surface area contributed by atoms with Gasteiger partial charge >= 0.3 is 0 Å². The van der Waals surface area contributed by atoms with Gasteiger partial charge in [0.25, 0.3) is 0 Å². The zero-order chi connectivity index (χ0) is 19.0. The zero-order valence-corrected chi connectivity index (χ0v) is 16.0. The fourth-order valence-corrected chi connectivity index (χ4v) is 3.07. The van der Waals surface area contributed by atoms with Crippen LogP contribution in [0, 0.1) is 13.8 Å². The van der Waals surface area contributed by atoms with Crippen molar-refractivity contribution >= 4 is 6.08 Å². The van der Waals surface area contributed by atoms with E-state index in [1.807, 2.05) is 32.9 Å². The number of phenolic OH excluding ortho intramolecular Hbond substituents is 1. The van der Waals surface area contributed by atoms with E-state index in [4.69, 9.17) is 5.11 Å². The van der Waals surface area contributed by atoms with Gasteiger partial charge in [-0.25, -0.2) is 0 Å². The molecule has 3 heteroatoms. The largest absolute Gasteiger partial charge is 0.507 e. The Balaban J connectivity index is 2.94. The van der Waals surface area contributed by atoms with Crippen LogP contribution in [0.4, 0.5) is 0 Å². The molecule has 1 unspecified atom stereocenters. The van der Waals surface area contributed by atoms with Crippen molar-refractivity contribution in [1.29, 1.82) is 0 Å². The summed E-state index contributed by atoms with van der Waals surface area (Å²) in [5.74, 6) is 0.352. The first-order chi connectivity index (χ1) is 11.8. The van der Waals surface area contributed by atoms with Gasteiger partial charge in [0.15, 0.2) is 0 Å². The van der Waals surface area contributed by atoms with Crippen molar-refractivity contribution in [3.05, 3.63) is 58.2 Å². The first-order valence-corrected chi connectivity index (χ1v) is 8.94. The van der Waals surface area contributed by atoms with Crippen LogP contribution in [0.15, 0.2) is 41.5 Å². The molecule has 25 heavy (non-hydrogen) atoms. The van der Waals surface area contributed by atoms with E-state index in [1.54, 1.807) is 6.08 Å². The molecule has 3 nitrogen and oxygen atoms in total. The lowest BCUT2D eigenvalue weighted by molar-refractivity contribution is 0.201. The third kappa shape index (κ3) is 6.52. The maximum atomic E-state index is 10.4. The number of allylic oxidation sites excluding steroid dienone is 1. The second-order valence-electron chi connectivity index (χ2n) is 6.73. The van der Waals surface area contributed by atoms with Crippen molar-refractivity contribution in [1.82, 2.24) is 0 Å². The molecule has 0 amide bonds. The van der Waals surface area contributed by atoms with E-state index in [9.17, 15) is 10.2 Å². The number of hydrogen-bond donors (Lipinski definition) is 3. The zero-order valence-electron chi connectivity index (χ0n) is 16.0. The lowest BCUT2D eigenvalue weighted by atomic mass is 9.94. The topological polar surface area (TPSA) is 60.7 Å². The maximum absolute atomic E-state index is 10.4. The van der Waals surface area contributed by atoms with Crippen LogP contribution in [0.5, 0.6) is 5.75 Å². The molecule has 1 aromatic carbocycles. The van der Waals surface area contributed by atoms with Gasteiger partial charge in [0.05, 0.1) is 12.7 Å². The number of aromatic hydroxyl groups is 1. The monoisotopic (exact) mass is 344 g/mol. The molecule has 0 saturated carbocycles. The van der Waals surface area contributed by atoms with Crippen LogP contribution in [0.3, 0.4) is 0 Å². The first-order valence-electron chi connectivity index (χ1n) is 8.94. The Bertz CT molecular complexity index is 630. The van der Waals surface area contributed by atoms with E-state index in [1.165, 1.54) is 5.57 Å². The number of aryl methyl sites for hydroxylation is 2. The Morgan fingerprint density at radius 1 is 1.20 bits per heavy atom. The van der Waals surface area contributed by atoms with Gasteiger partial charge in [0, 0.05) is 0 Å². The van der Waals surface area contributed by atoms with E-state index < -0.39 is 6.10 Å². The second kappa shape index (κ2) is 10.2. The first kappa shape index (κ1) is 21.2. The minimum Gasteiger partial charge on any atom is -0.507 e. The molecule has 0 aromatic heterocycles. The predicted octanol–water partition coefficient (Wildman–Crippen LogP) is 4.83. The standard InChI is InChI=1S/C22H32O3/c1-6-7-18(8-9-21(24)20(10-11-23)15(2)3)14-19-12-16(4)22(25)17(5)13-19/h10,12-14,21,23-25H,2,6-9,11H2,1,3-5H3/b18-14+,20-10-. The van der Waals surface area contributed by atoms with Gasteiger partial charge in [-0.05, 0) is 74.4 Å². The smallest absolute Gasteiger partial charge is 0.121 e. The summed E-state index contributed by atoms with van der Waals surface area (Å²) in [4.78, 5) is 0. The number of hydrogen-bond acceptors (Lipinski definition) is 3. The maximum Gasteiger partial charge on any atom is 0.121 e. The number of rotatable bonds is 9. The molecule has 0 aliphatic carbocycles. The van der Waals surface area contributed by atoms with Crippen LogP contribution in [0.25, 0.3) is 6.08 Å². The van der Waals surface area contributed by atoms with Crippen LogP contribution in [-0.4, -0.2) is 28.0 Å². The van der Waals surface area contributed by atoms with Crippen molar-refractivity contribution < 1.29 is 15.3 Å². The molecular weight excluding hydrogens is 312 g/mol. The van der Waals surface area contributed by atoms with Gasteiger partial charge in [-0.2, -0.15) is 0 Å². The number of phenols is 1. The highest BCUT2D eigenvalue weighted by atomic mass is 16.3. The molecule has 0 bridgehead atoms. The average Bonchev–Trinajstić information content (AvgIpc) is 2.54. The molecule has 0 spiro atoms. The van der Waals surface area contributed by atoms with Crippen molar-refractivity contribution in [2.45, 2.75) is 59.5 Å². The molecule has 0 radical (unpaired) electrons. The van der Waals surface area contributed by atoms with Gasteiger partial charge in [0.1, 0.15) is 5.75 Å². The highest BCUT2D eigenvalue weighted by Crippen LogP contribution is 2.26. The number of benzene rings is 1. The quantitative estimate of drug-likeness (QED) is 0.562. The molecule has 0 heterocycles. The molecule has 0 fully saturated rings. The summed E-state index contributed by atoms with van der Waals surface area (Å²) in [5, 5.41) is 29.4. The van der Waals surface area contributed by atoms with Gasteiger partial charge in [-0.1, -0.05) is 43.2 Å². The lowest BCUT2D eigenvalue weighted by Crippen LogP contribution is -2.12. The molecule has 1 aromatic rings. The minimum absolute atomic E-state index is 0.0943. The predicted molar refractivity (Wildman–Crippen MR) is 106 cm³/mol. The molecule has 0 aliphatic rings.